The van der Waals surface area contributed by atoms with Crippen LogP contribution >= 0.6 is 11.3 Å². The van der Waals surface area contributed by atoms with E-state index in [0.29, 0.717) is 17.4 Å². The van der Waals surface area contributed by atoms with Crippen LogP contribution in [0.2, 0.25) is 0 Å². The zero-order valence-electron chi connectivity index (χ0n) is 13.0. The normalized spacial score (nSPS) is 28.6. The van der Waals surface area contributed by atoms with Crippen LogP contribution in [0.4, 0.5) is 0 Å². The molecule has 1 heterocycles. The second kappa shape index (κ2) is 5.53. The third kappa shape index (κ3) is 3.57. The number of hydrogen-bond donors (Lipinski definition) is 1. The number of aryl methyl sites for hydroxylation is 2. The lowest BCUT2D eigenvalue weighted by Crippen LogP contribution is -2.40. The Morgan fingerprint density at radius 1 is 1.26 bits per heavy atom. The summed E-state index contributed by atoms with van der Waals surface area (Å²) in [6.07, 6.45) is 4.81. The van der Waals surface area contributed by atoms with Crippen LogP contribution in [0.15, 0.2) is 0 Å². The molecule has 1 aromatic heterocycles. The molecule has 2 N–H and O–H groups in total. The smallest absolute Gasteiger partial charge is 0.0934 e. The molecule has 0 amide bonds. The van der Waals surface area contributed by atoms with Crippen molar-refractivity contribution in [1.82, 2.24) is 4.98 Å². The molecule has 1 aromatic rings. The summed E-state index contributed by atoms with van der Waals surface area (Å²) in [7, 11) is 0. The first kappa shape index (κ1) is 15.0. The van der Waals surface area contributed by atoms with Gasteiger partial charge in [-0.3, -0.25) is 0 Å². The van der Waals surface area contributed by atoms with E-state index < -0.39 is 0 Å². The van der Waals surface area contributed by atoms with Crippen LogP contribution < -0.4 is 5.73 Å². The van der Waals surface area contributed by atoms with Gasteiger partial charge < -0.3 is 5.73 Å². The quantitative estimate of drug-likeness (QED) is 0.886. The van der Waals surface area contributed by atoms with Gasteiger partial charge in [0, 0.05) is 17.3 Å². The monoisotopic (exact) mass is 280 g/mol. The highest BCUT2D eigenvalue weighted by Gasteiger charge is 2.34. The predicted molar refractivity (Wildman–Crippen MR) is 83.6 cm³/mol. The Kier molecular flexibility index (Phi) is 4.36. The fourth-order valence-electron chi connectivity index (χ4n) is 3.16. The minimum Gasteiger partial charge on any atom is -0.327 e. The Balaban J connectivity index is 2.05. The second-order valence-corrected chi connectivity index (χ2v) is 8.54. The lowest BCUT2D eigenvalue weighted by atomic mass is 9.67. The van der Waals surface area contributed by atoms with Gasteiger partial charge in [0.15, 0.2) is 0 Å². The lowest BCUT2D eigenvalue weighted by molar-refractivity contribution is 0.126. The van der Waals surface area contributed by atoms with Gasteiger partial charge >= 0.3 is 0 Å². The van der Waals surface area contributed by atoms with E-state index in [1.54, 1.807) is 0 Å². The highest BCUT2D eigenvalue weighted by atomic mass is 32.1. The molecule has 19 heavy (non-hydrogen) atoms. The minimum atomic E-state index is 0.364. The van der Waals surface area contributed by atoms with Crippen LogP contribution in [0.1, 0.15) is 55.6 Å². The molecule has 2 nitrogen and oxygen atoms in total. The molecule has 0 spiro atoms. The van der Waals surface area contributed by atoms with Crippen molar-refractivity contribution in [1.29, 1.82) is 0 Å². The maximum Gasteiger partial charge on any atom is 0.0934 e. The summed E-state index contributed by atoms with van der Waals surface area (Å²) in [6, 6.07) is 0.364. The predicted octanol–water partition coefficient (Wildman–Crippen LogP) is 4.09. The van der Waals surface area contributed by atoms with Crippen molar-refractivity contribution in [3.8, 4) is 0 Å². The van der Waals surface area contributed by atoms with Crippen LogP contribution in [-0.2, 0) is 6.42 Å². The van der Waals surface area contributed by atoms with E-state index in [0.717, 1.165) is 12.3 Å². The molecule has 108 valence electrons. The first-order valence-electron chi connectivity index (χ1n) is 7.46. The maximum absolute atomic E-state index is 6.35. The van der Waals surface area contributed by atoms with Crippen LogP contribution in [0.5, 0.6) is 0 Å². The van der Waals surface area contributed by atoms with Gasteiger partial charge in [0.05, 0.1) is 10.7 Å². The third-order valence-electron chi connectivity index (χ3n) is 4.78. The highest BCUT2D eigenvalue weighted by molar-refractivity contribution is 7.11. The zero-order chi connectivity index (χ0) is 14.2. The molecule has 1 aliphatic carbocycles. The Hall–Kier alpha value is -0.410. The van der Waals surface area contributed by atoms with Crippen molar-refractivity contribution < 1.29 is 0 Å². The molecule has 0 aromatic carbocycles. The van der Waals surface area contributed by atoms with E-state index >= 15 is 0 Å². The van der Waals surface area contributed by atoms with Crippen molar-refractivity contribution in [3.63, 3.8) is 0 Å². The lowest BCUT2D eigenvalue weighted by Gasteiger charge is -2.40. The summed E-state index contributed by atoms with van der Waals surface area (Å²) < 4.78 is 0. The number of rotatable bonds is 2. The molecule has 1 saturated carbocycles. The van der Waals surface area contributed by atoms with Crippen molar-refractivity contribution in [3.05, 3.63) is 15.6 Å². The number of aromatic nitrogens is 1. The standard InChI is InChI=1S/C16H28N2S/c1-10-11(2)19-15(18-10)9-12-8-13(16(3,4)5)6-7-14(12)17/h12-14H,6-9,17H2,1-5H3. The van der Waals surface area contributed by atoms with Gasteiger partial charge in [-0.05, 0) is 50.4 Å². The van der Waals surface area contributed by atoms with Gasteiger partial charge in [0.25, 0.3) is 0 Å². The van der Waals surface area contributed by atoms with Gasteiger partial charge in [0.2, 0.25) is 0 Å². The van der Waals surface area contributed by atoms with Gasteiger partial charge in [-0.1, -0.05) is 20.8 Å². The summed E-state index contributed by atoms with van der Waals surface area (Å²) in [6.45, 7) is 11.4. The number of thiazole rings is 1. The number of nitrogens with two attached hydrogens (primary N) is 1. The molecule has 0 aliphatic heterocycles. The van der Waals surface area contributed by atoms with Crippen molar-refractivity contribution in [2.75, 3.05) is 0 Å². The van der Waals surface area contributed by atoms with E-state index in [9.17, 15) is 0 Å². The van der Waals surface area contributed by atoms with Crippen LogP contribution in [0.25, 0.3) is 0 Å². The molecule has 0 radical (unpaired) electrons. The first-order chi connectivity index (χ1) is 8.77. The molecule has 3 heteroatoms. The molecule has 0 saturated heterocycles. The molecular formula is C16H28N2S. The van der Waals surface area contributed by atoms with E-state index in [-0.39, 0.29) is 0 Å². The van der Waals surface area contributed by atoms with Gasteiger partial charge in [0.1, 0.15) is 0 Å². The van der Waals surface area contributed by atoms with E-state index in [1.807, 2.05) is 11.3 Å². The zero-order valence-corrected chi connectivity index (χ0v) is 13.8. The van der Waals surface area contributed by atoms with Crippen LogP contribution in [-0.4, -0.2) is 11.0 Å². The van der Waals surface area contributed by atoms with Crippen molar-refractivity contribution >= 4 is 11.3 Å². The summed E-state index contributed by atoms with van der Waals surface area (Å²) in [5.74, 6) is 1.42. The minimum absolute atomic E-state index is 0.364. The second-order valence-electron chi connectivity index (χ2n) is 7.25. The molecule has 1 fully saturated rings. The summed E-state index contributed by atoms with van der Waals surface area (Å²) in [5, 5.41) is 1.28. The molecule has 2 rings (SSSR count). The molecule has 0 bridgehead atoms. The third-order valence-corrected chi connectivity index (χ3v) is 5.87. The SMILES string of the molecule is Cc1nc(CC2CC(C(C)(C)C)CCC2N)sc1C. The largest absolute Gasteiger partial charge is 0.327 e. The summed E-state index contributed by atoms with van der Waals surface area (Å²) in [4.78, 5) is 6.04. The fourth-order valence-corrected chi connectivity index (χ4v) is 4.19. The number of nitrogens with zero attached hydrogens (tertiary/aromatic N) is 1. The van der Waals surface area contributed by atoms with Crippen LogP contribution in [0.3, 0.4) is 0 Å². The summed E-state index contributed by atoms with van der Waals surface area (Å²) >= 11 is 1.85. The first-order valence-corrected chi connectivity index (χ1v) is 8.27. The average Bonchev–Trinajstić information content (AvgIpc) is 2.59. The van der Waals surface area contributed by atoms with Gasteiger partial charge in [-0.25, -0.2) is 4.98 Å². The van der Waals surface area contributed by atoms with Crippen molar-refractivity contribution in [2.45, 2.75) is 66.3 Å². The van der Waals surface area contributed by atoms with Gasteiger partial charge in [-0.2, -0.15) is 0 Å². The number of hydrogen-bond acceptors (Lipinski definition) is 3. The molecule has 3 unspecified atom stereocenters. The van der Waals surface area contributed by atoms with E-state index in [2.05, 4.69) is 39.6 Å². The highest BCUT2D eigenvalue weighted by Crippen LogP contribution is 2.41. The van der Waals surface area contributed by atoms with E-state index in [1.165, 1.54) is 34.8 Å². The maximum atomic E-state index is 6.35. The van der Waals surface area contributed by atoms with Crippen molar-refractivity contribution in [2.24, 2.45) is 23.0 Å². The van der Waals surface area contributed by atoms with E-state index in [4.69, 9.17) is 5.73 Å². The average molecular weight is 280 g/mol. The fraction of sp³-hybridized carbons (Fsp3) is 0.812. The Morgan fingerprint density at radius 2 is 1.95 bits per heavy atom. The molecular weight excluding hydrogens is 252 g/mol. The summed E-state index contributed by atoms with van der Waals surface area (Å²) in [5.41, 5.74) is 7.96. The van der Waals surface area contributed by atoms with Crippen LogP contribution in [0, 0.1) is 31.1 Å². The Morgan fingerprint density at radius 3 is 2.47 bits per heavy atom. The molecule has 1 aliphatic rings. The Bertz CT molecular complexity index is 411. The Labute approximate surface area is 121 Å². The van der Waals surface area contributed by atoms with Gasteiger partial charge in [-0.15, -0.1) is 11.3 Å². The molecule has 3 atom stereocenters. The topological polar surface area (TPSA) is 38.9 Å².